The molecule has 1 heterocycles. The average molecular weight is 232 g/mol. The molecule has 16 heavy (non-hydrogen) atoms. The Kier molecular flexibility index (Phi) is 3.06. The van der Waals surface area contributed by atoms with Gasteiger partial charge < -0.3 is 10.4 Å². The third kappa shape index (κ3) is 2.00. The summed E-state index contributed by atoms with van der Waals surface area (Å²) in [5.41, 5.74) is 2.72. The summed E-state index contributed by atoms with van der Waals surface area (Å²) < 4.78 is 0. The van der Waals surface area contributed by atoms with Crippen molar-refractivity contribution in [3.05, 3.63) is 30.0 Å². The molecule has 0 saturated carbocycles. The number of aromatic amines is 1. The van der Waals surface area contributed by atoms with Crippen molar-refractivity contribution in [1.29, 1.82) is 5.41 Å². The molecule has 0 atom stereocenters. The van der Waals surface area contributed by atoms with Crippen molar-refractivity contribution in [1.82, 2.24) is 4.98 Å². The number of fused-ring (bicyclic) bond motifs is 1. The van der Waals surface area contributed by atoms with Crippen LogP contribution in [0, 0.1) is 11.3 Å². The summed E-state index contributed by atoms with van der Waals surface area (Å²) in [4.78, 5) is 4.56. The number of thioether (sulfide) groups is 1. The van der Waals surface area contributed by atoms with Crippen molar-refractivity contribution in [2.45, 2.75) is 18.7 Å². The van der Waals surface area contributed by atoms with Crippen LogP contribution in [-0.4, -0.2) is 17.0 Å². The van der Waals surface area contributed by atoms with Crippen LogP contribution in [0.25, 0.3) is 10.9 Å². The van der Waals surface area contributed by atoms with E-state index in [4.69, 9.17) is 5.41 Å². The number of hydrogen-bond acceptors (Lipinski definition) is 2. The topological polar surface area (TPSA) is 39.6 Å². The van der Waals surface area contributed by atoms with Gasteiger partial charge in [0, 0.05) is 15.8 Å². The molecule has 2 aromatic rings. The van der Waals surface area contributed by atoms with Crippen LogP contribution in [0.4, 0.5) is 0 Å². The van der Waals surface area contributed by atoms with E-state index in [0.717, 1.165) is 11.2 Å². The second-order valence-electron chi connectivity index (χ2n) is 4.20. The maximum Gasteiger partial charge on any atom is 0.0605 e. The zero-order valence-electron chi connectivity index (χ0n) is 9.79. The van der Waals surface area contributed by atoms with Gasteiger partial charge in [-0.3, -0.25) is 0 Å². The van der Waals surface area contributed by atoms with Gasteiger partial charge in [-0.15, -0.1) is 11.8 Å². The van der Waals surface area contributed by atoms with E-state index in [9.17, 15) is 0 Å². The normalized spacial score (nSPS) is 11.2. The van der Waals surface area contributed by atoms with Crippen LogP contribution in [0.5, 0.6) is 0 Å². The monoisotopic (exact) mass is 232 g/mol. The molecule has 0 radical (unpaired) electrons. The van der Waals surface area contributed by atoms with Crippen LogP contribution < -0.4 is 0 Å². The molecule has 0 saturated heterocycles. The summed E-state index contributed by atoms with van der Waals surface area (Å²) in [6.07, 6.45) is 2.07. The maximum atomic E-state index is 7.98. The summed E-state index contributed by atoms with van der Waals surface area (Å²) in [6, 6.07) is 8.41. The van der Waals surface area contributed by atoms with Gasteiger partial charge in [0.2, 0.25) is 0 Å². The lowest BCUT2D eigenvalue weighted by atomic mass is 10.1. The Labute approximate surface area is 100.0 Å². The van der Waals surface area contributed by atoms with Gasteiger partial charge in [0.05, 0.1) is 11.4 Å². The number of nitrogens with one attached hydrogen (secondary N) is 2. The highest BCUT2D eigenvalue weighted by molar-refractivity contribution is 7.98. The molecular formula is C13H16N2S. The number of rotatable bonds is 3. The Hall–Kier alpha value is -1.22. The van der Waals surface area contributed by atoms with E-state index in [0.29, 0.717) is 5.71 Å². The molecule has 0 fully saturated rings. The highest BCUT2D eigenvalue weighted by Crippen LogP contribution is 2.23. The zero-order valence-corrected chi connectivity index (χ0v) is 10.6. The highest BCUT2D eigenvalue weighted by Gasteiger charge is 2.09. The minimum absolute atomic E-state index is 0.257. The van der Waals surface area contributed by atoms with Gasteiger partial charge in [-0.25, -0.2) is 0 Å². The van der Waals surface area contributed by atoms with E-state index >= 15 is 0 Å². The molecule has 0 unspecified atom stereocenters. The Morgan fingerprint density at radius 3 is 2.69 bits per heavy atom. The summed E-state index contributed by atoms with van der Waals surface area (Å²) in [5, 5.41) is 9.16. The van der Waals surface area contributed by atoms with E-state index in [2.05, 4.69) is 35.5 Å². The molecule has 2 N–H and O–H groups in total. The summed E-state index contributed by atoms with van der Waals surface area (Å²) in [5.74, 6) is 0.257. The Morgan fingerprint density at radius 2 is 2.06 bits per heavy atom. The van der Waals surface area contributed by atoms with E-state index in [-0.39, 0.29) is 5.92 Å². The fourth-order valence-electron chi connectivity index (χ4n) is 1.69. The third-order valence-corrected chi connectivity index (χ3v) is 3.42. The minimum Gasteiger partial charge on any atom is -0.354 e. The quantitative estimate of drug-likeness (QED) is 0.611. The van der Waals surface area contributed by atoms with Gasteiger partial charge in [0.25, 0.3) is 0 Å². The standard InChI is InChI=1S/C13H16N2S/c1-8(2)13(14)12-6-9-4-5-10(16-3)7-11(9)15-12/h4-8,14-15H,1-3H3. The number of benzene rings is 1. The van der Waals surface area contributed by atoms with E-state index in [1.165, 1.54) is 10.3 Å². The molecule has 0 amide bonds. The van der Waals surface area contributed by atoms with Gasteiger partial charge in [0.15, 0.2) is 0 Å². The molecule has 0 aliphatic carbocycles. The fourth-order valence-corrected chi connectivity index (χ4v) is 2.13. The first-order valence-electron chi connectivity index (χ1n) is 5.37. The SMILES string of the molecule is CSc1ccc2cc(C(=N)C(C)C)[nH]c2c1. The maximum absolute atomic E-state index is 7.98. The van der Waals surface area contributed by atoms with Crippen LogP contribution in [0.2, 0.25) is 0 Å². The summed E-state index contributed by atoms with van der Waals surface area (Å²) in [6.45, 7) is 4.09. The molecule has 2 nitrogen and oxygen atoms in total. The van der Waals surface area contributed by atoms with E-state index in [1.54, 1.807) is 11.8 Å². The number of H-pyrrole nitrogens is 1. The minimum atomic E-state index is 0.257. The molecule has 0 bridgehead atoms. The Balaban J connectivity index is 2.47. The van der Waals surface area contributed by atoms with Gasteiger partial charge in [0.1, 0.15) is 0 Å². The molecule has 1 aromatic heterocycles. The van der Waals surface area contributed by atoms with Crippen molar-refractivity contribution in [3.63, 3.8) is 0 Å². The molecular weight excluding hydrogens is 216 g/mol. The van der Waals surface area contributed by atoms with Crippen LogP contribution >= 0.6 is 11.8 Å². The molecule has 0 spiro atoms. The molecule has 3 heteroatoms. The van der Waals surface area contributed by atoms with Crippen LogP contribution in [-0.2, 0) is 0 Å². The van der Waals surface area contributed by atoms with Crippen molar-refractivity contribution in [2.75, 3.05) is 6.26 Å². The van der Waals surface area contributed by atoms with Crippen molar-refractivity contribution in [2.24, 2.45) is 5.92 Å². The fraction of sp³-hybridized carbons (Fsp3) is 0.308. The molecule has 1 aromatic carbocycles. The highest BCUT2D eigenvalue weighted by atomic mass is 32.2. The summed E-state index contributed by atoms with van der Waals surface area (Å²) in [7, 11) is 0. The van der Waals surface area contributed by atoms with E-state index in [1.807, 2.05) is 13.8 Å². The molecule has 0 aliphatic heterocycles. The zero-order chi connectivity index (χ0) is 11.7. The molecule has 84 valence electrons. The lowest BCUT2D eigenvalue weighted by Gasteiger charge is -2.03. The van der Waals surface area contributed by atoms with Gasteiger partial charge >= 0.3 is 0 Å². The van der Waals surface area contributed by atoms with Crippen LogP contribution in [0.3, 0.4) is 0 Å². The van der Waals surface area contributed by atoms with Crippen molar-refractivity contribution in [3.8, 4) is 0 Å². The molecule has 2 rings (SSSR count). The van der Waals surface area contributed by atoms with Gasteiger partial charge in [-0.05, 0) is 30.4 Å². The smallest absolute Gasteiger partial charge is 0.0605 e. The predicted octanol–water partition coefficient (Wildman–Crippen LogP) is 3.91. The first-order valence-corrected chi connectivity index (χ1v) is 6.60. The first kappa shape index (κ1) is 11.3. The van der Waals surface area contributed by atoms with Gasteiger partial charge in [-0.2, -0.15) is 0 Å². The molecule has 0 aliphatic rings. The van der Waals surface area contributed by atoms with Crippen molar-refractivity contribution < 1.29 is 0 Å². The lowest BCUT2D eigenvalue weighted by Crippen LogP contribution is -2.07. The van der Waals surface area contributed by atoms with E-state index < -0.39 is 0 Å². The number of hydrogen-bond donors (Lipinski definition) is 2. The summed E-state index contributed by atoms with van der Waals surface area (Å²) >= 11 is 1.73. The van der Waals surface area contributed by atoms with Gasteiger partial charge in [-0.1, -0.05) is 19.9 Å². The predicted molar refractivity (Wildman–Crippen MR) is 71.7 cm³/mol. The first-order chi connectivity index (χ1) is 7.61. The third-order valence-electron chi connectivity index (χ3n) is 2.70. The second kappa shape index (κ2) is 4.34. The van der Waals surface area contributed by atoms with Crippen LogP contribution in [0.1, 0.15) is 19.5 Å². The average Bonchev–Trinajstić information content (AvgIpc) is 2.69. The van der Waals surface area contributed by atoms with Crippen LogP contribution in [0.15, 0.2) is 29.2 Å². The largest absolute Gasteiger partial charge is 0.354 e. The number of aromatic nitrogens is 1. The Bertz CT molecular complexity index is 526. The second-order valence-corrected chi connectivity index (χ2v) is 5.08. The lowest BCUT2D eigenvalue weighted by molar-refractivity contribution is 0.874. The Morgan fingerprint density at radius 1 is 1.31 bits per heavy atom. The van der Waals surface area contributed by atoms with Crippen molar-refractivity contribution >= 4 is 28.4 Å².